The Labute approximate surface area is 149 Å². The molecule has 2 aromatic rings. The van der Waals surface area contributed by atoms with Gasteiger partial charge in [0.15, 0.2) is 0 Å². The van der Waals surface area contributed by atoms with E-state index in [0.717, 1.165) is 30.8 Å². The lowest BCUT2D eigenvalue weighted by molar-refractivity contribution is 0.0910. The topological polar surface area (TPSA) is 54.0 Å². The number of piperidine rings is 1. The third-order valence-electron chi connectivity index (χ3n) is 4.02. The normalized spacial score (nSPS) is 20.3. The summed E-state index contributed by atoms with van der Waals surface area (Å²) >= 11 is 1.06. The van der Waals surface area contributed by atoms with E-state index in [4.69, 9.17) is 0 Å². The fraction of sp³-hybridized carbons (Fsp3) is 0.375. The summed E-state index contributed by atoms with van der Waals surface area (Å²) in [7, 11) is 0. The summed E-state index contributed by atoms with van der Waals surface area (Å²) in [6.45, 7) is 3.78. The highest BCUT2D eigenvalue weighted by Gasteiger charge is 2.24. The van der Waals surface area contributed by atoms with Crippen LogP contribution in [0.1, 0.15) is 23.8 Å². The highest BCUT2D eigenvalue weighted by molar-refractivity contribution is 7.13. The van der Waals surface area contributed by atoms with Gasteiger partial charge in [-0.15, -0.1) is 23.7 Å². The molecule has 1 aliphatic rings. The Hall–Kier alpha value is -1.57. The lowest BCUT2D eigenvalue weighted by Gasteiger charge is -2.29. The maximum atomic E-state index is 13.8. The van der Waals surface area contributed by atoms with E-state index in [2.05, 4.69) is 22.5 Å². The summed E-state index contributed by atoms with van der Waals surface area (Å²) in [5, 5.41) is 7.92. The van der Waals surface area contributed by atoms with E-state index < -0.39 is 11.6 Å². The van der Waals surface area contributed by atoms with E-state index in [9.17, 15) is 13.6 Å². The molecule has 24 heavy (non-hydrogen) atoms. The molecule has 2 atom stereocenters. The lowest BCUT2D eigenvalue weighted by atomic mass is 9.95. The van der Waals surface area contributed by atoms with Crippen molar-refractivity contribution in [2.75, 3.05) is 13.1 Å². The van der Waals surface area contributed by atoms with Crippen LogP contribution < -0.4 is 10.6 Å². The molecule has 1 aromatic carbocycles. The number of benzene rings is 1. The van der Waals surface area contributed by atoms with Gasteiger partial charge < -0.3 is 10.6 Å². The van der Waals surface area contributed by atoms with Crippen molar-refractivity contribution in [3.8, 4) is 10.6 Å². The van der Waals surface area contributed by atoms with Crippen LogP contribution in [0, 0.1) is 17.6 Å². The van der Waals surface area contributed by atoms with Crippen molar-refractivity contribution in [1.29, 1.82) is 0 Å². The SMILES string of the molecule is CC1CNCCC1NC(=O)c1csc(-c2c(F)cccc2F)n1.Cl. The molecule has 1 aromatic heterocycles. The molecule has 0 aliphatic carbocycles. The summed E-state index contributed by atoms with van der Waals surface area (Å²) < 4.78 is 27.6. The average Bonchev–Trinajstić information content (AvgIpc) is 2.99. The predicted molar refractivity (Wildman–Crippen MR) is 92.6 cm³/mol. The zero-order chi connectivity index (χ0) is 16.4. The summed E-state index contributed by atoms with van der Waals surface area (Å²) in [5.41, 5.74) is 0.00479. The van der Waals surface area contributed by atoms with Gasteiger partial charge in [0, 0.05) is 11.4 Å². The molecule has 0 bridgehead atoms. The summed E-state index contributed by atoms with van der Waals surface area (Å²) in [5.74, 6) is -1.34. The van der Waals surface area contributed by atoms with Crippen molar-refractivity contribution in [3.05, 3.63) is 40.9 Å². The molecular formula is C16H18ClF2N3OS. The van der Waals surface area contributed by atoms with Gasteiger partial charge in [-0.05, 0) is 37.6 Å². The number of hydrogen-bond acceptors (Lipinski definition) is 4. The molecule has 8 heteroatoms. The predicted octanol–water partition coefficient (Wildman–Crippen LogP) is 3.24. The Morgan fingerprint density at radius 2 is 2.08 bits per heavy atom. The van der Waals surface area contributed by atoms with Crippen molar-refractivity contribution in [1.82, 2.24) is 15.6 Å². The van der Waals surface area contributed by atoms with Crippen LogP contribution in [0.25, 0.3) is 10.6 Å². The molecule has 1 aliphatic heterocycles. The Balaban J connectivity index is 0.00000208. The van der Waals surface area contributed by atoms with E-state index in [1.165, 1.54) is 23.6 Å². The van der Waals surface area contributed by atoms with E-state index >= 15 is 0 Å². The van der Waals surface area contributed by atoms with Gasteiger partial charge in [0.2, 0.25) is 0 Å². The van der Waals surface area contributed by atoms with Gasteiger partial charge in [0.1, 0.15) is 22.3 Å². The van der Waals surface area contributed by atoms with E-state index in [1.54, 1.807) is 0 Å². The summed E-state index contributed by atoms with van der Waals surface area (Å²) in [4.78, 5) is 16.4. The Kier molecular flexibility index (Phi) is 6.26. The molecule has 0 saturated carbocycles. The zero-order valence-corrected chi connectivity index (χ0v) is 14.6. The van der Waals surface area contributed by atoms with Crippen LogP contribution in [-0.4, -0.2) is 30.0 Å². The van der Waals surface area contributed by atoms with Gasteiger partial charge in [-0.25, -0.2) is 13.8 Å². The first-order valence-electron chi connectivity index (χ1n) is 7.47. The van der Waals surface area contributed by atoms with Crippen molar-refractivity contribution in [2.24, 2.45) is 5.92 Å². The number of hydrogen-bond donors (Lipinski definition) is 2. The number of thiazole rings is 1. The van der Waals surface area contributed by atoms with Crippen LogP contribution in [0.5, 0.6) is 0 Å². The number of rotatable bonds is 3. The van der Waals surface area contributed by atoms with Gasteiger partial charge in [-0.2, -0.15) is 0 Å². The van der Waals surface area contributed by atoms with Crippen LogP contribution in [0.4, 0.5) is 8.78 Å². The monoisotopic (exact) mass is 373 g/mol. The number of nitrogens with zero attached hydrogens (tertiary/aromatic N) is 1. The third kappa shape index (κ3) is 3.91. The lowest BCUT2D eigenvalue weighted by Crippen LogP contribution is -2.48. The maximum absolute atomic E-state index is 13.8. The minimum Gasteiger partial charge on any atom is -0.348 e. The number of carbonyl (C=O) groups is 1. The summed E-state index contributed by atoms with van der Waals surface area (Å²) in [6.07, 6.45) is 0.853. The molecular weight excluding hydrogens is 356 g/mol. The van der Waals surface area contributed by atoms with Gasteiger partial charge in [0.05, 0.1) is 5.56 Å². The first-order valence-corrected chi connectivity index (χ1v) is 8.35. The highest BCUT2D eigenvalue weighted by Crippen LogP contribution is 2.29. The molecule has 1 saturated heterocycles. The zero-order valence-electron chi connectivity index (χ0n) is 13.0. The van der Waals surface area contributed by atoms with E-state index in [0.29, 0.717) is 5.92 Å². The minimum absolute atomic E-state index is 0. The van der Waals surface area contributed by atoms with Gasteiger partial charge >= 0.3 is 0 Å². The van der Waals surface area contributed by atoms with Crippen molar-refractivity contribution >= 4 is 29.7 Å². The summed E-state index contributed by atoms with van der Waals surface area (Å²) in [6, 6.07) is 3.74. The second-order valence-corrected chi connectivity index (χ2v) is 6.54. The number of carbonyl (C=O) groups excluding carboxylic acids is 1. The van der Waals surface area contributed by atoms with Crippen molar-refractivity contribution in [3.63, 3.8) is 0 Å². The smallest absolute Gasteiger partial charge is 0.271 e. The number of nitrogens with one attached hydrogen (secondary N) is 2. The molecule has 130 valence electrons. The van der Waals surface area contributed by atoms with Crippen LogP contribution in [0.15, 0.2) is 23.6 Å². The largest absolute Gasteiger partial charge is 0.348 e. The molecule has 0 spiro atoms. The molecule has 3 rings (SSSR count). The Morgan fingerprint density at radius 3 is 2.75 bits per heavy atom. The quantitative estimate of drug-likeness (QED) is 0.868. The molecule has 2 heterocycles. The molecule has 2 unspecified atom stereocenters. The molecule has 2 N–H and O–H groups in total. The first kappa shape index (κ1) is 18.8. The van der Waals surface area contributed by atoms with Crippen LogP contribution >= 0.6 is 23.7 Å². The molecule has 0 radical (unpaired) electrons. The number of halogens is 3. The van der Waals surface area contributed by atoms with E-state index in [-0.39, 0.29) is 40.6 Å². The van der Waals surface area contributed by atoms with Gasteiger partial charge in [0.25, 0.3) is 5.91 Å². The van der Waals surface area contributed by atoms with Crippen molar-refractivity contribution < 1.29 is 13.6 Å². The van der Waals surface area contributed by atoms with Crippen LogP contribution in [0.3, 0.4) is 0 Å². The second kappa shape index (κ2) is 8.00. The Morgan fingerprint density at radius 1 is 1.38 bits per heavy atom. The third-order valence-corrected chi connectivity index (χ3v) is 4.88. The van der Waals surface area contributed by atoms with Crippen LogP contribution in [-0.2, 0) is 0 Å². The first-order chi connectivity index (χ1) is 11.1. The second-order valence-electron chi connectivity index (χ2n) is 5.68. The highest BCUT2D eigenvalue weighted by atomic mass is 35.5. The maximum Gasteiger partial charge on any atom is 0.271 e. The van der Waals surface area contributed by atoms with Gasteiger partial charge in [-0.1, -0.05) is 13.0 Å². The molecule has 4 nitrogen and oxygen atoms in total. The Bertz CT molecular complexity index is 705. The molecule has 1 amide bonds. The fourth-order valence-corrected chi connectivity index (χ4v) is 3.51. The van der Waals surface area contributed by atoms with Crippen LogP contribution in [0.2, 0.25) is 0 Å². The fourth-order valence-electron chi connectivity index (χ4n) is 2.67. The standard InChI is InChI=1S/C16H17F2N3OS.ClH/c1-9-7-19-6-5-12(9)20-15(22)13-8-23-16(21-13)14-10(17)3-2-4-11(14)18;/h2-4,8-9,12,19H,5-7H2,1H3,(H,20,22);1H. The van der Waals surface area contributed by atoms with E-state index in [1.807, 2.05) is 0 Å². The molecule has 1 fully saturated rings. The number of amides is 1. The minimum atomic E-state index is -0.682. The average molecular weight is 374 g/mol. The van der Waals surface area contributed by atoms with Crippen molar-refractivity contribution in [2.45, 2.75) is 19.4 Å². The van der Waals surface area contributed by atoms with Gasteiger partial charge in [-0.3, -0.25) is 4.79 Å². The number of aromatic nitrogens is 1.